The van der Waals surface area contributed by atoms with Gasteiger partial charge in [0.1, 0.15) is 0 Å². The third kappa shape index (κ3) is 5.27. The summed E-state index contributed by atoms with van der Waals surface area (Å²) in [6.07, 6.45) is 2.85. The molecule has 1 aromatic heterocycles. The van der Waals surface area contributed by atoms with E-state index in [1.807, 2.05) is 20.8 Å². The standard InChI is InChI=1S/C17H30N4O3/c1-16(2,3)15-20-14(24-21-15)6-5-13(22)19-11-17(12-23-4)7-9-18-10-8-17/h18H,5-12H2,1-4H3,(H,19,22). The summed E-state index contributed by atoms with van der Waals surface area (Å²) in [6, 6.07) is 0. The molecule has 1 aliphatic rings. The van der Waals surface area contributed by atoms with Gasteiger partial charge in [0.15, 0.2) is 5.82 Å². The quantitative estimate of drug-likeness (QED) is 0.782. The van der Waals surface area contributed by atoms with Gasteiger partial charge in [0, 0.05) is 37.3 Å². The first kappa shape index (κ1) is 18.9. The lowest BCUT2D eigenvalue weighted by atomic mass is 9.79. The molecule has 2 rings (SSSR count). The van der Waals surface area contributed by atoms with Crippen LogP contribution in [0.4, 0.5) is 0 Å². The summed E-state index contributed by atoms with van der Waals surface area (Å²) in [6.45, 7) is 9.35. The molecule has 0 aromatic carbocycles. The molecule has 1 aromatic rings. The molecule has 136 valence electrons. The van der Waals surface area contributed by atoms with Gasteiger partial charge in [-0.2, -0.15) is 4.98 Å². The summed E-state index contributed by atoms with van der Waals surface area (Å²) >= 11 is 0. The highest BCUT2D eigenvalue weighted by Crippen LogP contribution is 2.28. The smallest absolute Gasteiger partial charge is 0.227 e. The van der Waals surface area contributed by atoms with Crippen molar-refractivity contribution in [2.24, 2.45) is 5.41 Å². The van der Waals surface area contributed by atoms with E-state index in [0.717, 1.165) is 25.9 Å². The molecule has 1 amide bonds. The van der Waals surface area contributed by atoms with Crippen molar-refractivity contribution in [1.29, 1.82) is 0 Å². The predicted molar refractivity (Wildman–Crippen MR) is 90.7 cm³/mol. The molecule has 0 atom stereocenters. The summed E-state index contributed by atoms with van der Waals surface area (Å²) in [5, 5.41) is 10.4. The van der Waals surface area contributed by atoms with E-state index < -0.39 is 0 Å². The second kappa shape index (κ2) is 8.07. The fourth-order valence-electron chi connectivity index (χ4n) is 2.89. The minimum atomic E-state index is -0.147. The number of aryl methyl sites for hydroxylation is 1. The largest absolute Gasteiger partial charge is 0.384 e. The minimum absolute atomic E-state index is 0.0134. The Bertz CT molecular complexity index is 525. The van der Waals surface area contributed by atoms with Crippen LogP contribution < -0.4 is 10.6 Å². The predicted octanol–water partition coefficient (Wildman–Crippen LogP) is 1.43. The molecule has 24 heavy (non-hydrogen) atoms. The van der Waals surface area contributed by atoms with Gasteiger partial charge in [-0.15, -0.1) is 0 Å². The normalized spacial score (nSPS) is 17.7. The van der Waals surface area contributed by atoms with E-state index in [1.165, 1.54) is 0 Å². The topological polar surface area (TPSA) is 89.3 Å². The van der Waals surface area contributed by atoms with Crippen molar-refractivity contribution >= 4 is 5.91 Å². The summed E-state index contributed by atoms with van der Waals surface area (Å²) in [7, 11) is 1.72. The van der Waals surface area contributed by atoms with Crippen molar-refractivity contribution < 1.29 is 14.1 Å². The second-order valence-electron chi connectivity index (χ2n) is 7.72. The lowest BCUT2D eigenvalue weighted by molar-refractivity contribution is -0.122. The van der Waals surface area contributed by atoms with Crippen molar-refractivity contribution in [2.75, 3.05) is 33.4 Å². The van der Waals surface area contributed by atoms with Crippen LogP contribution in [0.2, 0.25) is 0 Å². The Morgan fingerprint density at radius 1 is 1.38 bits per heavy atom. The number of carbonyl (C=O) groups excluding carboxylic acids is 1. The van der Waals surface area contributed by atoms with Gasteiger partial charge in [0.2, 0.25) is 11.8 Å². The highest BCUT2D eigenvalue weighted by Gasteiger charge is 2.32. The molecule has 1 fully saturated rings. The molecule has 1 aliphatic heterocycles. The van der Waals surface area contributed by atoms with Crippen LogP contribution in [-0.4, -0.2) is 49.4 Å². The summed E-state index contributed by atoms with van der Waals surface area (Å²) in [5.74, 6) is 1.20. The van der Waals surface area contributed by atoms with Gasteiger partial charge in [-0.05, 0) is 25.9 Å². The number of carbonyl (C=O) groups is 1. The number of rotatable bonds is 7. The van der Waals surface area contributed by atoms with Gasteiger partial charge in [0.05, 0.1) is 6.61 Å². The Hall–Kier alpha value is -1.47. The molecule has 0 bridgehead atoms. The number of nitrogens with zero attached hydrogens (tertiary/aromatic N) is 2. The Balaban J connectivity index is 1.79. The highest BCUT2D eigenvalue weighted by atomic mass is 16.5. The molecule has 0 spiro atoms. The van der Waals surface area contributed by atoms with Crippen LogP contribution in [0.1, 0.15) is 51.7 Å². The van der Waals surface area contributed by atoms with Crippen LogP contribution >= 0.6 is 0 Å². The van der Waals surface area contributed by atoms with Gasteiger partial charge in [-0.1, -0.05) is 25.9 Å². The number of amides is 1. The van der Waals surface area contributed by atoms with Crippen molar-refractivity contribution in [2.45, 2.75) is 51.9 Å². The molecule has 0 aliphatic carbocycles. The van der Waals surface area contributed by atoms with E-state index in [9.17, 15) is 4.79 Å². The highest BCUT2D eigenvalue weighted by molar-refractivity contribution is 5.76. The van der Waals surface area contributed by atoms with Crippen molar-refractivity contribution in [3.05, 3.63) is 11.7 Å². The van der Waals surface area contributed by atoms with Crippen molar-refractivity contribution in [3.63, 3.8) is 0 Å². The van der Waals surface area contributed by atoms with E-state index in [1.54, 1.807) is 7.11 Å². The molecule has 0 radical (unpaired) electrons. The molecule has 2 heterocycles. The first-order valence-electron chi connectivity index (χ1n) is 8.64. The van der Waals surface area contributed by atoms with Crippen molar-refractivity contribution in [1.82, 2.24) is 20.8 Å². The van der Waals surface area contributed by atoms with Crippen LogP contribution in [0.25, 0.3) is 0 Å². The zero-order chi connectivity index (χ0) is 17.6. The van der Waals surface area contributed by atoms with Gasteiger partial charge < -0.3 is 19.9 Å². The molecule has 7 heteroatoms. The van der Waals surface area contributed by atoms with Crippen molar-refractivity contribution in [3.8, 4) is 0 Å². The van der Waals surface area contributed by atoms with Crippen LogP contribution in [0.15, 0.2) is 4.52 Å². The monoisotopic (exact) mass is 338 g/mol. The minimum Gasteiger partial charge on any atom is -0.384 e. The number of ether oxygens (including phenoxy) is 1. The van der Waals surface area contributed by atoms with Gasteiger partial charge >= 0.3 is 0 Å². The molecule has 7 nitrogen and oxygen atoms in total. The number of hydrogen-bond acceptors (Lipinski definition) is 6. The molecule has 1 saturated heterocycles. The van der Waals surface area contributed by atoms with Gasteiger partial charge in [-0.25, -0.2) is 0 Å². The van der Waals surface area contributed by atoms with Gasteiger partial charge in [0.25, 0.3) is 0 Å². The molecular formula is C17H30N4O3. The summed E-state index contributed by atoms with van der Waals surface area (Å²) in [5.41, 5.74) is -0.106. The number of methoxy groups -OCH3 is 1. The zero-order valence-corrected chi connectivity index (χ0v) is 15.3. The lowest BCUT2D eigenvalue weighted by Gasteiger charge is -2.37. The second-order valence-corrected chi connectivity index (χ2v) is 7.72. The fraction of sp³-hybridized carbons (Fsp3) is 0.824. The first-order chi connectivity index (χ1) is 11.3. The zero-order valence-electron chi connectivity index (χ0n) is 15.3. The SMILES string of the molecule is COCC1(CNC(=O)CCc2nc(C(C)(C)C)no2)CCNCC1. The van der Waals surface area contributed by atoms with E-state index in [-0.39, 0.29) is 16.7 Å². The number of hydrogen-bond donors (Lipinski definition) is 2. The Morgan fingerprint density at radius 3 is 2.67 bits per heavy atom. The fourth-order valence-corrected chi connectivity index (χ4v) is 2.89. The van der Waals surface area contributed by atoms with Gasteiger partial charge in [-0.3, -0.25) is 4.79 Å². The van der Waals surface area contributed by atoms with Crippen LogP contribution in [-0.2, 0) is 21.4 Å². The van der Waals surface area contributed by atoms with Crippen LogP contribution in [0.5, 0.6) is 0 Å². The Labute approximate surface area is 143 Å². The first-order valence-corrected chi connectivity index (χ1v) is 8.64. The average molecular weight is 338 g/mol. The number of aromatic nitrogens is 2. The summed E-state index contributed by atoms with van der Waals surface area (Å²) < 4.78 is 10.6. The molecule has 0 unspecified atom stereocenters. The average Bonchev–Trinajstić information content (AvgIpc) is 3.01. The molecule has 2 N–H and O–H groups in total. The Morgan fingerprint density at radius 2 is 2.08 bits per heavy atom. The Kier molecular flexibility index (Phi) is 6.34. The summed E-state index contributed by atoms with van der Waals surface area (Å²) in [4.78, 5) is 16.5. The van der Waals surface area contributed by atoms with Crippen LogP contribution in [0, 0.1) is 5.41 Å². The maximum atomic E-state index is 12.2. The maximum Gasteiger partial charge on any atom is 0.227 e. The number of nitrogens with one attached hydrogen (secondary N) is 2. The lowest BCUT2D eigenvalue weighted by Crippen LogP contribution is -2.47. The molecule has 0 saturated carbocycles. The van der Waals surface area contributed by atoms with E-state index in [4.69, 9.17) is 9.26 Å². The third-order valence-electron chi connectivity index (χ3n) is 4.48. The van der Waals surface area contributed by atoms with E-state index in [2.05, 4.69) is 20.8 Å². The van der Waals surface area contributed by atoms with E-state index in [0.29, 0.717) is 37.7 Å². The van der Waals surface area contributed by atoms with Crippen LogP contribution in [0.3, 0.4) is 0 Å². The third-order valence-corrected chi connectivity index (χ3v) is 4.48. The maximum absolute atomic E-state index is 12.2. The number of piperidine rings is 1. The molecular weight excluding hydrogens is 308 g/mol. The van der Waals surface area contributed by atoms with E-state index >= 15 is 0 Å².